The highest BCUT2D eigenvalue weighted by Crippen LogP contribution is 2.72. The second-order valence-electron chi connectivity index (χ2n) is 6.61. The summed E-state index contributed by atoms with van der Waals surface area (Å²) < 4.78 is 0. The number of aliphatic hydroxyl groups is 1. The van der Waals surface area contributed by atoms with E-state index in [1.54, 1.807) is 0 Å². The van der Waals surface area contributed by atoms with E-state index in [0.717, 1.165) is 35.7 Å². The fourth-order valence-corrected chi connectivity index (χ4v) is 4.99. The minimum atomic E-state index is -0.200. The highest BCUT2D eigenvalue weighted by molar-refractivity contribution is 5.27. The number of fused-ring (bicyclic) bond motifs is 5. The van der Waals surface area contributed by atoms with Crippen LogP contribution in [-0.4, -0.2) is 5.11 Å². The molecule has 0 amide bonds. The molecule has 0 aromatic heterocycles. The van der Waals surface area contributed by atoms with Gasteiger partial charge in [0, 0.05) is 0 Å². The largest absolute Gasteiger partial charge is 0.388 e. The summed E-state index contributed by atoms with van der Waals surface area (Å²) in [5.41, 5.74) is 2.51. The van der Waals surface area contributed by atoms with Gasteiger partial charge in [-0.3, -0.25) is 0 Å². The molecule has 0 heterocycles. The molecule has 5 atom stereocenters. The van der Waals surface area contributed by atoms with Crippen LogP contribution in [0.1, 0.15) is 43.4 Å². The maximum Gasteiger partial charge on any atom is 0.0823 e. The van der Waals surface area contributed by atoms with E-state index < -0.39 is 0 Å². The third kappa shape index (κ3) is 1.43. The van der Waals surface area contributed by atoms with Crippen molar-refractivity contribution in [3.63, 3.8) is 0 Å². The van der Waals surface area contributed by atoms with Crippen LogP contribution in [0, 0.1) is 29.6 Å². The van der Waals surface area contributed by atoms with Crippen molar-refractivity contribution in [1.82, 2.24) is 0 Å². The first-order valence-corrected chi connectivity index (χ1v) is 7.56. The standard InChI is InChI=1S/C17H22O/c1-2-10-3-5-11(6-4-10)17(18)16-14-12-7-8-13(9-12)15(14)16/h3-6,12-18H,2,7-9H2,1H3. The topological polar surface area (TPSA) is 20.2 Å². The van der Waals surface area contributed by atoms with Crippen LogP contribution < -0.4 is 0 Å². The van der Waals surface area contributed by atoms with Gasteiger partial charge in [-0.1, -0.05) is 31.2 Å². The number of benzene rings is 1. The van der Waals surface area contributed by atoms with Crippen molar-refractivity contribution in [2.24, 2.45) is 29.6 Å². The van der Waals surface area contributed by atoms with E-state index in [9.17, 15) is 5.11 Å². The first-order chi connectivity index (χ1) is 8.79. The highest BCUT2D eigenvalue weighted by Gasteiger charge is 2.66. The molecule has 96 valence electrons. The van der Waals surface area contributed by atoms with Crippen molar-refractivity contribution < 1.29 is 5.11 Å². The summed E-state index contributed by atoms with van der Waals surface area (Å²) in [6, 6.07) is 8.62. The van der Waals surface area contributed by atoms with Gasteiger partial charge in [0.25, 0.3) is 0 Å². The van der Waals surface area contributed by atoms with Crippen molar-refractivity contribution >= 4 is 0 Å². The zero-order chi connectivity index (χ0) is 12.3. The van der Waals surface area contributed by atoms with Gasteiger partial charge in [-0.15, -0.1) is 0 Å². The lowest BCUT2D eigenvalue weighted by Gasteiger charge is -2.15. The van der Waals surface area contributed by atoms with Crippen molar-refractivity contribution in [2.45, 2.75) is 38.7 Å². The minimum absolute atomic E-state index is 0.200. The minimum Gasteiger partial charge on any atom is -0.388 e. The van der Waals surface area contributed by atoms with Crippen molar-refractivity contribution in [2.75, 3.05) is 0 Å². The Hall–Kier alpha value is -0.820. The maximum absolute atomic E-state index is 10.6. The summed E-state index contributed by atoms with van der Waals surface area (Å²) in [7, 11) is 0. The molecule has 1 N–H and O–H groups in total. The van der Waals surface area contributed by atoms with Crippen LogP contribution in [-0.2, 0) is 6.42 Å². The number of aliphatic hydroxyl groups excluding tert-OH is 1. The lowest BCUT2D eigenvalue weighted by Crippen LogP contribution is -2.08. The van der Waals surface area contributed by atoms with Gasteiger partial charge in [0.2, 0.25) is 0 Å². The van der Waals surface area contributed by atoms with E-state index >= 15 is 0 Å². The molecule has 0 radical (unpaired) electrons. The molecule has 0 aliphatic heterocycles. The van der Waals surface area contributed by atoms with E-state index in [0.29, 0.717) is 5.92 Å². The smallest absolute Gasteiger partial charge is 0.0823 e. The van der Waals surface area contributed by atoms with E-state index in [4.69, 9.17) is 0 Å². The fourth-order valence-electron chi connectivity index (χ4n) is 4.99. The number of aryl methyl sites for hydroxylation is 1. The third-order valence-electron chi connectivity index (χ3n) is 5.89. The van der Waals surface area contributed by atoms with Crippen LogP contribution in [0.2, 0.25) is 0 Å². The molecule has 1 heteroatoms. The van der Waals surface area contributed by atoms with Gasteiger partial charge in [-0.25, -0.2) is 0 Å². The highest BCUT2D eigenvalue weighted by atomic mass is 16.3. The molecule has 3 saturated carbocycles. The summed E-state index contributed by atoms with van der Waals surface area (Å²) in [6.45, 7) is 2.18. The second kappa shape index (κ2) is 3.84. The Bertz CT molecular complexity index is 433. The molecule has 0 saturated heterocycles. The predicted molar refractivity (Wildman–Crippen MR) is 72.1 cm³/mol. The summed E-state index contributed by atoms with van der Waals surface area (Å²) in [5.74, 6) is 4.22. The lowest BCUT2D eigenvalue weighted by atomic mass is 9.94. The van der Waals surface area contributed by atoms with E-state index in [2.05, 4.69) is 31.2 Å². The molecule has 2 bridgehead atoms. The van der Waals surface area contributed by atoms with Crippen LogP contribution in [0.4, 0.5) is 0 Å². The molecule has 1 aromatic rings. The molecule has 18 heavy (non-hydrogen) atoms. The van der Waals surface area contributed by atoms with E-state index in [1.807, 2.05) is 0 Å². The molecule has 3 aliphatic rings. The molecule has 3 fully saturated rings. The Morgan fingerprint density at radius 2 is 1.72 bits per heavy atom. The Kier molecular flexibility index (Phi) is 2.35. The van der Waals surface area contributed by atoms with Gasteiger partial charge < -0.3 is 5.11 Å². The first-order valence-electron chi connectivity index (χ1n) is 7.56. The summed E-state index contributed by atoms with van der Waals surface area (Å²) in [4.78, 5) is 0. The molecule has 1 aromatic carbocycles. The normalized spacial score (nSPS) is 41.8. The second-order valence-corrected chi connectivity index (χ2v) is 6.61. The van der Waals surface area contributed by atoms with Crippen LogP contribution in [0.25, 0.3) is 0 Å². The van der Waals surface area contributed by atoms with Gasteiger partial charge in [0.15, 0.2) is 0 Å². The van der Waals surface area contributed by atoms with E-state index in [-0.39, 0.29) is 6.10 Å². The van der Waals surface area contributed by atoms with Gasteiger partial charge in [0.05, 0.1) is 6.10 Å². The summed E-state index contributed by atoms with van der Waals surface area (Å²) in [6.07, 6.45) is 5.21. The molecule has 1 nitrogen and oxygen atoms in total. The van der Waals surface area contributed by atoms with Crippen LogP contribution >= 0.6 is 0 Å². The van der Waals surface area contributed by atoms with Gasteiger partial charge in [0.1, 0.15) is 0 Å². The monoisotopic (exact) mass is 242 g/mol. The Labute approximate surface area is 109 Å². The molecule has 3 aliphatic carbocycles. The average Bonchev–Trinajstić information content (AvgIpc) is 2.85. The van der Waals surface area contributed by atoms with Gasteiger partial charge >= 0.3 is 0 Å². The Morgan fingerprint density at radius 3 is 2.28 bits per heavy atom. The van der Waals surface area contributed by atoms with Crippen LogP contribution in [0.3, 0.4) is 0 Å². The molecular weight excluding hydrogens is 220 g/mol. The molecular formula is C17H22O. The lowest BCUT2D eigenvalue weighted by molar-refractivity contribution is 0.130. The zero-order valence-electron chi connectivity index (χ0n) is 11.0. The number of rotatable bonds is 3. The van der Waals surface area contributed by atoms with Crippen LogP contribution in [0.15, 0.2) is 24.3 Å². The molecule has 4 rings (SSSR count). The van der Waals surface area contributed by atoms with Crippen molar-refractivity contribution in [3.8, 4) is 0 Å². The maximum atomic E-state index is 10.6. The number of hydrogen-bond acceptors (Lipinski definition) is 1. The summed E-state index contributed by atoms with van der Waals surface area (Å²) >= 11 is 0. The van der Waals surface area contributed by atoms with Crippen molar-refractivity contribution in [3.05, 3.63) is 35.4 Å². The van der Waals surface area contributed by atoms with Crippen molar-refractivity contribution in [1.29, 1.82) is 0 Å². The molecule has 0 spiro atoms. The van der Waals surface area contributed by atoms with Gasteiger partial charge in [-0.05, 0) is 66.4 Å². The average molecular weight is 242 g/mol. The van der Waals surface area contributed by atoms with E-state index in [1.165, 1.54) is 24.8 Å². The first kappa shape index (κ1) is 11.0. The predicted octanol–water partition coefficient (Wildman–Crippen LogP) is 3.57. The summed E-state index contributed by atoms with van der Waals surface area (Å²) in [5, 5.41) is 10.6. The van der Waals surface area contributed by atoms with Gasteiger partial charge in [-0.2, -0.15) is 0 Å². The quantitative estimate of drug-likeness (QED) is 0.859. The zero-order valence-corrected chi connectivity index (χ0v) is 11.0. The fraction of sp³-hybridized carbons (Fsp3) is 0.647. The number of hydrogen-bond donors (Lipinski definition) is 1. The molecule has 5 unspecified atom stereocenters. The Balaban J connectivity index is 1.52. The third-order valence-corrected chi connectivity index (χ3v) is 5.89. The Morgan fingerprint density at radius 1 is 1.11 bits per heavy atom. The SMILES string of the molecule is CCc1ccc(C(O)C2C3C4CCC(C4)C32)cc1. The van der Waals surface area contributed by atoms with Crippen LogP contribution in [0.5, 0.6) is 0 Å².